The summed E-state index contributed by atoms with van der Waals surface area (Å²) in [6, 6.07) is 12.8. The second-order valence-electron chi connectivity index (χ2n) is 7.40. The molecule has 0 saturated heterocycles. The molecule has 0 radical (unpaired) electrons. The molecule has 156 valence electrons. The van der Waals surface area contributed by atoms with Gasteiger partial charge in [0.1, 0.15) is 5.76 Å². The number of furan rings is 1. The first-order valence-electron chi connectivity index (χ1n) is 9.97. The fourth-order valence-electron chi connectivity index (χ4n) is 3.56. The lowest BCUT2D eigenvalue weighted by molar-refractivity contribution is -0.132. The van der Waals surface area contributed by atoms with Crippen LogP contribution >= 0.6 is 0 Å². The van der Waals surface area contributed by atoms with Crippen molar-refractivity contribution < 1.29 is 17.6 Å². The highest BCUT2D eigenvalue weighted by Crippen LogP contribution is 2.22. The number of nitrogens with zero attached hydrogens (tertiary/aromatic N) is 2. The van der Waals surface area contributed by atoms with Gasteiger partial charge in [0.25, 0.3) is 0 Å². The molecule has 2 aromatic rings. The van der Waals surface area contributed by atoms with E-state index in [1.165, 1.54) is 17.0 Å². The standard InChI is InChI=1S/C22H28N2O4S/c1-23(20-11-6-3-7-12-20)22(25)18-24(17-21-13-8-15-28-21)29(26,27)16-14-19-9-4-2-5-10-19/h2,4-5,8-10,13-16,20H,3,6-7,11-12,17-18H2,1H3/b16-14+. The zero-order chi connectivity index (χ0) is 20.7. The van der Waals surface area contributed by atoms with E-state index in [1.54, 1.807) is 30.2 Å². The Labute approximate surface area is 172 Å². The molecule has 6 nitrogen and oxygen atoms in total. The fourth-order valence-corrected chi connectivity index (χ4v) is 4.66. The highest BCUT2D eigenvalue weighted by Gasteiger charge is 2.28. The number of hydrogen-bond donors (Lipinski definition) is 0. The molecule has 1 aliphatic carbocycles. The van der Waals surface area contributed by atoms with Crippen LogP contribution in [0.25, 0.3) is 6.08 Å². The Hall–Kier alpha value is -2.38. The Balaban J connectivity index is 1.76. The maximum Gasteiger partial charge on any atom is 0.237 e. The maximum absolute atomic E-state index is 13.0. The van der Waals surface area contributed by atoms with Gasteiger partial charge in [0.2, 0.25) is 15.9 Å². The van der Waals surface area contributed by atoms with Crippen molar-refractivity contribution in [2.45, 2.75) is 44.7 Å². The molecule has 0 aliphatic heterocycles. The van der Waals surface area contributed by atoms with Gasteiger partial charge in [0.05, 0.1) is 19.4 Å². The van der Waals surface area contributed by atoms with Crippen LogP contribution < -0.4 is 0 Å². The van der Waals surface area contributed by atoms with Crippen molar-refractivity contribution in [2.75, 3.05) is 13.6 Å². The molecule has 1 amide bonds. The Kier molecular flexibility index (Phi) is 7.28. The molecule has 3 rings (SSSR count). The molecular weight excluding hydrogens is 388 g/mol. The molecule has 1 heterocycles. The van der Waals surface area contributed by atoms with Crippen LogP contribution in [0.1, 0.15) is 43.4 Å². The SMILES string of the molecule is CN(C(=O)CN(Cc1ccco1)S(=O)(=O)/C=C/c1ccccc1)C1CCCCC1. The van der Waals surface area contributed by atoms with Crippen molar-refractivity contribution in [1.29, 1.82) is 0 Å². The van der Waals surface area contributed by atoms with E-state index in [4.69, 9.17) is 4.42 Å². The van der Waals surface area contributed by atoms with Crippen molar-refractivity contribution in [3.8, 4) is 0 Å². The maximum atomic E-state index is 13.0. The van der Waals surface area contributed by atoms with Crippen LogP contribution in [0.5, 0.6) is 0 Å². The minimum Gasteiger partial charge on any atom is -0.468 e. The van der Waals surface area contributed by atoms with E-state index in [1.807, 2.05) is 30.3 Å². The molecule has 29 heavy (non-hydrogen) atoms. The predicted molar refractivity (Wildman–Crippen MR) is 113 cm³/mol. The fraction of sp³-hybridized carbons (Fsp3) is 0.409. The highest BCUT2D eigenvalue weighted by molar-refractivity contribution is 7.92. The molecule has 1 aliphatic rings. The molecule has 1 fully saturated rings. The van der Waals surface area contributed by atoms with E-state index in [9.17, 15) is 13.2 Å². The van der Waals surface area contributed by atoms with Crippen LogP contribution in [0.3, 0.4) is 0 Å². The van der Waals surface area contributed by atoms with Crippen molar-refractivity contribution >= 4 is 22.0 Å². The topological polar surface area (TPSA) is 70.8 Å². The smallest absolute Gasteiger partial charge is 0.237 e. The average Bonchev–Trinajstić information content (AvgIpc) is 3.26. The van der Waals surface area contributed by atoms with E-state index in [0.29, 0.717) is 5.76 Å². The van der Waals surface area contributed by atoms with Gasteiger partial charge in [0, 0.05) is 18.5 Å². The Morgan fingerprint density at radius 1 is 1.10 bits per heavy atom. The van der Waals surface area contributed by atoms with Crippen molar-refractivity contribution in [1.82, 2.24) is 9.21 Å². The van der Waals surface area contributed by atoms with Gasteiger partial charge in [-0.3, -0.25) is 4.79 Å². The van der Waals surface area contributed by atoms with E-state index in [-0.39, 0.29) is 25.0 Å². The van der Waals surface area contributed by atoms with Gasteiger partial charge < -0.3 is 9.32 Å². The van der Waals surface area contributed by atoms with E-state index >= 15 is 0 Å². The molecule has 0 N–H and O–H groups in total. The number of rotatable bonds is 8. The molecule has 0 spiro atoms. The number of hydrogen-bond acceptors (Lipinski definition) is 4. The van der Waals surface area contributed by atoms with Gasteiger partial charge in [0.15, 0.2) is 0 Å². The number of amides is 1. The van der Waals surface area contributed by atoms with Gasteiger partial charge in [-0.2, -0.15) is 4.31 Å². The number of carbonyl (C=O) groups is 1. The monoisotopic (exact) mass is 416 g/mol. The first kappa shape index (κ1) is 21.3. The van der Waals surface area contributed by atoms with Crippen LogP contribution in [0.15, 0.2) is 58.6 Å². The molecular formula is C22H28N2O4S. The zero-order valence-corrected chi connectivity index (χ0v) is 17.6. The third-order valence-corrected chi connectivity index (χ3v) is 6.79. The first-order chi connectivity index (χ1) is 14.0. The highest BCUT2D eigenvalue weighted by atomic mass is 32.2. The minimum atomic E-state index is -3.81. The number of benzene rings is 1. The summed E-state index contributed by atoms with van der Waals surface area (Å²) in [5, 5.41) is 1.15. The van der Waals surface area contributed by atoms with Crippen molar-refractivity contribution in [2.24, 2.45) is 0 Å². The lowest BCUT2D eigenvalue weighted by Crippen LogP contribution is -2.45. The van der Waals surface area contributed by atoms with Crippen molar-refractivity contribution in [3.05, 3.63) is 65.5 Å². The molecule has 0 unspecified atom stereocenters. The van der Waals surface area contributed by atoms with Crippen LogP contribution in [0, 0.1) is 0 Å². The second-order valence-corrected chi connectivity index (χ2v) is 9.22. The quantitative estimate of drug-likeness (QED) is 0.655. The molecule has 0 atom stereocenters. The Morgan fingerprint density at radius 3 is 2.48 bits per heavy atom. The molecule has 1 aromatic carbocycles. The Morgan fingerprint density at radius 2 is 1.83 bits per heavy atom. The molecule has 0 bridgehead atoms. The second kappa shape index (κ2) is 9.89. The normalized spacial score (nSPS) is 15.8. The van der Waals surface area contributed by atoms with E-state index in [2.05, 4.69) is 0 Å². The van der Waals surface area contributed by atoms with Crippen LogP contribution in [0.4, 0.5) is 0 Å². The summed E-state index contributed by atoms with van der Waals surface area (Å²) >= 11 is 0. The van der Waals surface area contributed by atoms with Gasteiger partial charge in [-0.25, -0.2) is 8.42 Å². The Bertz CT molecular complexity index is 902. The van der Waals surface area contributed by atoms with Crippen molar-refractivity contribution in [3.63, 3.8) is 0 Å². The van der Waals surface area contributed by atoms with Crippen LogP contribution in [-0.2, 0) is 21.4 Å². The molecule has 1 saturated carbocycles. The zero-order valence-electron chi connectivity index (χ0n) is 16.7. The third kappa shape index (κ3) is 6.05. The minimum absolute atomic E-state index is 0.0126. The summed E-state index contributed by atoms with van der Waals surface area (Å²) in [5.74, 6) is 0.301. The summed E-state index contributed by atoms with van der Waals surface area (Å²) < 4.78 is 32.5. The number of carbonyl (C=O) groups excluding carboxylic acids is 1. The summed E-state index contributed by atoms with van der Waals surface area (Å²) in [5.41, 5.74) is 0.777. The first-order valence-corrected chi connectivity index (χ1v) is 11.5. The molecule has 7 heteroatoms. The van der Waals surface area contributed by atoms with E-state index < -0.39 is 10.0 Å². The van der Waals surface area contributed by atoms with Gasteiger partial charge >= 0.3 is 0 Å². The number of likely N-dealkylation sites (N-methyl/N-ethyl adjacent to an activating group) is 1. The predicted octanol–water partition coefficient (Wildman–Crippen LogP) is 3.87. The summed E-state index contributed by atoms with van der Waals surface area (Å²) in [4.78, 5) is 14.6. The van der Waals surface area contributed by atoms with Crippen LogP contribution in [-0.4, -0.2) is 43.2 Å². The van der Waals surface area contributed by atoms with Crippen LogP contribution in [0.2, 0.25) is 0 Å². The van der Waals surface area contributed by atoms with Gasteiger partial charge in [-0.1, -0.05) is 49.6 Å². The number of sulfonamides is 1. The molecule has 1 aromatic heterocycles. The van der Waals surface area contributed by atoms with Gasteiger partial charge in [-0.05, 0) is 36.6 Å². The largest absolute Gasteiger partial charge is 0.468 e. The lowest BCUT2D eigenvalue weighted by atomic mass is 9.94. The van der Waals surface area contributed by atoms with E-state index in [0.717, 1.165) is 36.7 Å². The lowest BCUT2D eigenvalue weighted by Gasteiger charge is -2.32. The summed E-state index contributed by atoms with van der Waals surface area (Å²) in [7, 11) is -2.04. The third-order valence-electron chi connectivity index (χ3n) is 5.33. The average molecular weight is 417 g/mol. The summed E-state index contributed by atoms with van der Waals surface area (Å²) in [6.07, 6.45) is 8.40. The summed E-state index contributed by atoms with van der Waals surface area (Å²) in [6.45, 7) is -0.201. The van der Waals surface area contributed by atoms with Gasteiger partial charge in [-0.15, -0.1) is 0 Å².